The van der Waals surface area contributed by atoms with Gasteiger partial charge in [0.15, 0.2) is 10.9 Å². The van der Waals surface area contributed by atoms with E-state index in [2.05, 4.69) is 25.2 Å². The Bertz CT molecular complexity index is 1860. The summed E-state index contributed by atoms with van der Waals surface area (Å²) in [7, 11) is 1.41. The van der Waals surface area contributed by atoms with Crippen LogP contribution in [0.3, 0.4) is 0 Å². The second-order valence-corrected chi connectivity index (χ2v) is 14.1. The Balaban J connectivity index is 0.000000286. The van der Waals surface area contributed by atoms with E-state index in [1.807, 2.05) is 4.90 Å². The molecule has 5 aliphatic rings. The number of alkyl halides is 1. The van der Waals surface area contributed by atoms with Crippen LogP contribution in [0.4, 0.5) is 24.1 Å². The van der Waals surface area contributed by atoms with E-state index in [0.29, 0.717) is 30.5 Å². The number of pyridine rings is 1. The largest absolute Gasteiger partial charge is 0.467 e. The van der Waals surface area contributed by atoms with Crippen molar-refractivity contribution in [2.24, 2.45) is 5.41 Å². The number of hydrogen-bond acceptors (Lipinski definition) is 10. The van der Waals surface area contributed by atoms with Gasteiger partial charge in [-0.1, -0.05) is 11.3 Å². The average molecular weight is 641 g/mol. The summed E-state index contributed by atoms with van der Waals surface area (Å²) in [4.78, 5) is 31.5. The van der Waals surface area contributed by atoms with E-state index >= 15 is 4.39 Å². The predicted octanol–water partition coefficient (Wildman–Crippen LogP) is 4.26. The second kappa shape index (κ2) is 10.8. The second-order valence-electron chi connectivity index (χ2n) is 13.1. The van der Waals surface area contributed by atoms with Gasteiger partial charge in [-0.05, 0) is 57.2 Å². The summed E-state index contributed by atoms with van der Waals surface area (Å²) < 4.78 is 50.7. The molecule has 238 valence electrons. The highest BCUT2D eigenvalue weighted by molar-refractivity contribution is 7.22. The first-order chi connectivity index (χ1) is 21.7. The number of benzene rings is 1. The molecule has 0 bridgehead atoms. The van der Waals surface area contributed by atoms with Crippen molar-refractivity contribution < 1.29 is 17.9 Å². The monoisotopic (exact) mass is 640 g/mol. The molecule has 1 aromatic carbocycles. The molecule has 14 heteroatoms. The maximum atomic E-state index is 16.5. The van der Waals surface area contributed by atoms with Gasteiger partial charge in [-0.2, -0.15) is 9.97 Å². The average Bonchev–Trinajstić information content (AvgIpc) is 3.30. The number of nitrogens with zero attached hydrogens (tertiary/aromatic N) is 6. The number of nitrogens with one attached hydrogen (secondary N) is 1. The lowest BCUT2D eigenvalue weighted by Gasteiger charge is -2.39. The number of methoxy groups -OCH3 is 1. The third-order valence-corrected chi connectivity index (χ3v) is 10.9. The predicted molar refractivity (Wildman–Crippen MR) is 168 cm³/mol. The fourth-order valence-corrected chi connectivity index (χ4v) is 8.33. The molecular formula is C31H35F3N8O2S. The number of rotatable bonds is 4. The van der Waals surface area contributed by atoms with E-state index in [1.54, 1.807) is 0 Å². The van der Waals surface area contributed by atoms with Gasteiger partial charge in [0.25, 0.3) is 5.56 Å². The summed E-state index contributed by atoms with van der Waals surface area (Å²) in [6, 6.07) is 3.13. The minimum Gasteiger partial charge on any atom is -0.467 e. The number of ether oxygens (including phenoxy) is 1. The van der Waals surface area contributed by atoms with E-state index in [9.17, 15) is 13.6 Å². The van der Waals surface area contributed by atoms with Crippen LogP contribution in [-0.4, -0.2) is 83.0 Å². The van der Waals surface area contributed by atoms with Crippen LogP contribution < -0.4 is 26.2 Å². The number of aromatic nitrogens is 4. The van der Waals surface area contributed by atoms with Gasteiger partial charge in [0.2, 0.25) is 0 Å². The topological polar surface area (TPSA) is 114 Å². The van der Waals surface area contributed by atoms with Gasteiger partial charge in [-0.3, -0.25) is 9.69 Å². The Morgan fingerprint density at radius 2 is 1.91 bits per heavy atom. The van der Waals surface area contributed by atoms with Crippen LogP contribution in [0.25, 0.3) is 32.4 Å². The van der Waals surface area contributed by atoms with Crippen molar-refractivity contribution in [3.63, 3.8) is 0 Å². The van der Waals surface area contributed by atoms with E-state index in [1.165, 1.54) is 36.7 Å². The number of nitrogen functional groups attached to an aromatic ring is 1. The lowest BCUT2D eigenvalue weighted by atomic mass is 9.81. The molecule has 0 amide bonds. The van der Waals surface area contributed by atoms with Crippen molar-refractivity contribution in [2.75, 3.05) is 57.0 Å². The normalized spacial score (nSPS) is 23.9. The molecule has 45 heavy (non-hydrogen) atoms. The molecular weight excluding hydrogens is 605 g/mol. The number of fused-ring (bicyclic) bond motifs is 3. The molecule has 7 heterocycles. The minimum absolute atomic E-state index is 0.0132. The van der Waals surface area contributed by atoms with Crippen LogP contribution >= 0.6 is 11.3 Å². The summed E-state index contributed by atoms with van der Waals surface area (Å²) in [5, 5.41) is 3.63. The Hall–Kier alpha value is -3.49. The molecule has 1 aliphatic carbocycles. The van der Waals surface area contributed by atoms with Gasteiger partial charge in [0.05, 0.1) is 23.0 Å². The lowest BCUT2D eigenvalue weighted by Crippen LogP contribution is -2.54. The highest BCUT2D eigenvalue weighted by Gasteiger charge is 2.44. The number of hydrogen-bond donors (Lipinski definition) is 2. The van der Waals surface area contributed by atoms with Crippen molar-refractivity contribution >= 4 is 43.4 Å². The number of halogens is 3. The van der Waals surface area contributed by atoms with Crippen LogP contribution in [0.1, 0.15) is 44.6 Å². The first-order valence-corrected chi connectivity index (χ1v) is 16.5. The Morgan fingerprint density at radius 3 is 2.60 bits per heavy atom. The Labute approximate surface area is 261 Å². The smallest absolute Gasteiger partial charge is 0.318 e. The van der Waals surface area contributed by atoms with Gasteiger partial charge in [0, 0.05) is 55.8 Å². The quantitative estimate of drug-likeness (QED) is 0.338. The van der Waals surface area contributed by atoms with Crippen LogP contribution in [0.5, 0.6) is 6.01 Å². The zero-order valence-corrected chi connectivity index (χ0v) is 25.8. The lowest BCUT2D eigenvalue weighted by molar-refractivity contribution is 0.199. The van der Waals surface area contributed by atoms with E-state index in [0.717, 1.165) is 63.2 Å². The first kappa shape index (κ1) is 28.9. The van der Waals surface area contributed by atoms with Gasteiger partial charge >= 0.3 is 6.01 Å². The molecule has 1 spiro atoms. The van der Waals surface area contributed by atoms with Crippen molar-refractivity contribution in [3.05, 3.63) is 34.1 Å². The molecule has 10 nitrogen and oxygen atoms in total. The molecule has 5 fully saturated rings. The maximum Gasteiger partial charge on any atom is 0.318 e. The third-order valence-electron chi connectivity index (χ3n) is 10.0. The van der Waals surface area contributed by atoms with Crippen LogP contribution in [-0.2, 0) is 0 Å². The molecule has 3 N–H and O–H groups in total. The number of nitrogens with two attached hydrogens (primary N) is 1. The number of anilines is 2. The fraction of sp³-hybridized carbons (Fsp3) is 0.548. The standard InChI is InChI=1S/C24H23F2N7O2S.C7H12FN/c1-35-23-30-17-14(20(31-23)32-7-6-24(10-32)8-28-9-24)21(34)33(11-2-3-11)18(15(17)26)12-4-5-13(25)19-16(12)29-22(27)36-19;8-6-4-7-2-1-3-9(7)5-6/h4-5,11,28H,2-3,6-10H2,1H3,(H2,27,29);6-7H,1-5H2. The minimum atomic E-state index is -0.683. The van der Waals surface area contributed by atoms with Crippen LogP contribution in [0.2, 0.25) is 0 Å². The van der Waals surface area contributed by atoms with Crippen molar-refractivity contribution in [1.29, 1.82) is 0 Å². The van der Waals surface area contributed by atoms with Gasteiger partial charge < -0.3 is 25.3 Å². The van der Waals surface area contributed by atoms with Gasteiger partial charge in [-0.25, -0.2) is 18.2 Å². The zero-order chi connectivity index (χ0) is 31.0. The fourth-order valence-electron chi connectivity index (χ4n) is 7.57. The molecule has 4 aromatic rings. The zero-order valence-electron chi connectivity index (χ0n) is 25.0. The summed E-state index contributed by atoms with van der Waals surface area (Å²) in [5.74, 6) is -0.783. The molecule has 1 saturated carbocycles. The van der Waals surface area contributed by atoms with Crippen molar-refractivity contribution in [3.8, 4) is 17.3 Å². The summed E-state index contributed by atoms with van der Waals surface area (Å²) in [6.45, 7) is 5.10. The molecule has 0 radical (unpaired) electrons. The Morgan fingerprint density at radius 1 is 1.09 bits per heavy atom. The molecule has 4 aliphatic heterocycles. The van der Waals surface area contributed by atoms with Gasteiger partial charge in [-0.15, -0.1) is 0 Å². The summed E-state index contributed by atoms with van der Waals surface area (Å²) >= 11 is 0.988. The van der Waals surface area contributed by atoms with E-state index in [-0.39, 0.29) is 55.0 Å². The Kier molecular flexibility index (Phi) is 6.95. The van der Waals surface area contributed by atoms with Crippen molar-refractivity contribution in [2.45, 2.75) is 56.8 Å². The highest BCUT2D eigenvalue weighted by atomic mass is 32.1. The molecule has 2 unspecified atom stereocenters. The summed E-state index contributed by atoms with van der Waals surface area (Å²) in [6.07, 6.45) is 5.26. The van der Waals surface area contributed by atoms with Crippen LogP contribution in [0.15, 0.2) is 16.9 Å². The maximum absolute atomic E-state index is 16.5. The number of thiazole rings is 1. The molecule has 9 rings (SSSR count). The SMILES string of the molecule is COc1nc(N2CCC3(CNC3)C2)c2c(=O)n(C3CC3)c(-c3ccc(F)c4sc(N)nc34)c(F)c2n1.FC1CC2CCCN2C1. The van der Waals surface area contributed by atoms with Gasteiger partial charge in [0.1, 0.15) is 28.7 Å². The van der Waals surface area contributed by atoms with E-state index < -0.39 is 17.8 Å². The molecule has 3 aromatic heterocycles. The first-order valence-electron chi connectivity index (χ1n) is 15.6. The van der Waals surface area contributed by atoms with Crippen molar-refractivity contribution in [1.82, 2.24) is 29.7 Å². The molecule has 4 saturated heterocycles. The third kappa shape index (κ3) is 4.83. The van der Waals surface area contributed by atoms with E-state index in [4.69, 9.17) is 10.5 Å². The summed E-state index contributed by atoms with van der Waals surface area (Å²) in [5.41, 5.74) is 6.11. The highest BCUT2D eigenvalue weighted by Crippen LogP contribution is 2.44. The molecule has 2 atom stereocenters. The van der Waals surface area contributed by atoms with Crippen LogP contribution in [0, 0.1) is 17.0 Å².